The van der Waals surface area contributed by atoms with Crippen molar-refractivity contribution in [2.75, 3.05) is 13.2 Å². The Morgan fingerprint density at radius 3 is 1.09 bits per heavy atom. The topological polar surface area (TPSA) is 78.9 Å². The summed E-state index contributed by atoms with van der Waals surface area (Å²) in [4.78, 5) is 37.7. The summed E-state index contributed by atoms with van der Waals surface area (Å²) >= 11 is 0. The molecule has 0 aliphatic heterocycles. The lowest BCUT2D eigenvalue weighted by atomic mass is 10.0. The Labute approximate surface area is 346 Å². The zero-order chi connectivity index (χ0) is 40.8. The summed E-state index contributed by atoms with van der Waals surface area (Å²) in [5, 5.41) is 0. The van der Waals surface area contributed by atoms with Gasteiger partial charge in [-0.05, 0) is 44.9 Å². The maximum Gasteiger partial charge on any atom is 0.306 e. The zero-order valence-electron chi connectivity index (χ0n) is 36.9. The molecule has 6 heteroatoms. The maximum atomic E-state index is 12.7. The van der Waals surface area contributed by atoms with Crippen molar-refractivity contribution in [3.05, 3.63) is 48.6 Å². The van der Waals surface area contributed by atoms with Crippen molar-refractivity contribution in [3.8, 4) is 0 Å². The average molecular weight is 785 g/mol. The van der Waals surface area contributed by atoms with Gasteiger partial charge in [0.2, 0.25) is 0 Å². The molecule has 56 heavy (non-hydrogen) atoms. The van der Waals surface area contributed by atoms with Gasteiger partial charge in [0.15, 0.2) is 6.10 Å². The number of carbonyl (C=O) groups is 3. The highest BCUT2D eigenvalue weighted by Crippen LogP contribution is 2.15. The molecule has 0 rings (SSSR count). The first-order valence-electron chi connectivity index (χ1n) is 23.6. The minimum absolute atomic E-state index is 0.0917. The molecule has 0 N–H and O–H groups in total. The molecule has 0 aromatic rings. The molecule has 0 heterocycles. The second-order valence-corrected chi connectivity index (χ2v) is 15.6. The van der Waals surface area contributed by atoms with E-state index in [1.807, 2.05) is 6.08 Å². The molecule has 0 aliphatic rings. The zero-order valence-corrected chi connectivity index (χ0v) is 36.9. The molecule has 324 valence electrons. The van der Waals surface area contributed by atoms with E-state index in [1.54, 1.807) is 0 Å². The molecule has 0 saturated carbocycles. The van der Waals surface area contributed by atoms with E-state index in [9.17, 15) is 14.4 Å². The summed E-state index contributed by atoms with van der Waals surface area (Å²) in [7, 11) is 0. The number of carbonyl (C=O) groups excluding carboxylic acids is 3. The van der Waals surface area contributed by atoms with Gasteiger partial charge < -0.3 is 14.2 Å². The molecule has 0 aromatic carbocycles. The molecular formula is C50H88O6. The van der Waals surface area contributed by atoms with Gasteiger partial charge in [-0.25, -0.2) is 0 Å². The van der Waals surface area contributed by atoms with Crippen LogP contribution in [-0.4, -0.2) is 37.2 Å². The van der Waals surface area contributed by atoms with Crippen molar-refractivity contribution in [3.63, 3.8) is 0 Å². The van der Waals surface area contributed by atoms with E-state index in [2.05, 4.69) is 63.3 Å². The van der Waals surface area contributed by atoms with E-state index in [0.717, 1.165) is 64.2 Å². The Hall–Kier alpha value is -2.63. The van der Waals surface area contributed by atoms with E-state index in [-0.39, 0.29) is 37.5 Å². The van der Waals surface area contributed by atoms with Crippen LogP contribution in [0, 0.1) is 0 Å². The Balaban J connectivity index is 4.45. The van der Waals surface area contributed by atoms with Crippen molar-refractivity contribution in [1.82, 2.24) is 0 Å². The first-order chi connectivity index (χ1) is 27.5. The van der Waals surface area contributed by atoms with Crippen LogP contribution in [0.2, 0.25) is 0 Å². The fourth-order valence-corrected chi connectivity index (χ4v) is 6.57. The molecule has 0 radical (unpaired) electrons. The van der Waals surface area contributed by atoms with Gasteiger partial charge in [-0.2, -0.15) is 0 Å². The summed E-state index contributed by atoms with van der Waals surface area (Å²) in [5.74, 6) is -0.973. The largest absolute Gasteiger partial charge is 0.462 e. The molecule has 1 atom stereocenters. The number of ether oxygens (including phenoxy) is 3. The minimum Gasteiger partial charge on any atom is -0.462 e. The molecule has 6 nitrogen and oxygen atoms in total. The molecular weight excluding hydrogens is 697 g/mol. The van der Waals surface area contributed by atoms with E-state index in [0.29, 0.717) is 19.3 Å². The molecule has 0 spiro atoms. The van der Waals surface area contributed by atoms with Crippen molar-refractivity contribution in [1.29, 1.82) is 0 Å². The number of rotatable bonds is 42. The predicted molar refractivity (Wildman–Crippen MR) is 238 cm³/mol. The lowest BCUT2D eigenvalue weighted by Crippen LogP contribution is -2.30. The van der Waals surface area contributed by atoms with Crippen molar-refractivity contribution < 1.29 is 28.6 Å². The van der Waals surface area contributed by atoms with Gasteiger partial charge in [0.05, 0.1) is 0 Å². The number of allylic oxidation sites excluding steroid dienone is 8. The molecule has 0 amide bonds. The van der Waals surface area contributed by atoms with Crippen LogP contribution in [0.15, 0.2) is 48.6 Å². The standard InChI is InChI=1S/C50H88O6/c1-4-7-10-13-16-19-22-25-28-31-34-37-40-43-49(52)55-46-47(45-54-48(51)42-39-36-33-30-27-24-21-18-15-12-9-6-3)56-50(53)44-41-38-35-32-29-26-23-20-17-14-11-8-5-2/h7,10,16,19,25,28,34,37,47H,4-6,8-9,11-15,17-18,20-24,26-27,29-33,35-36,38-46H2,1-3H3/b10-7-,19-16-,28-25-,37-34-. The summed E-state index contributed by atoms with van der Waals surface area (Å²) in [6, 6.07) is 0. The third-order valence-electron chi connectivity index (χ3n) is 10.1. The highest BCUT2D eigenvalue weighted by atomic mass is 16.6. The number of unbranched alkanes of at least 4 members (excludes halogenated alkanes) is 23. The lowest BCUT2D eigenvalue weighted by molar-refractivity contribution is -0.166. The van der Waals surface area contributed by atoms with Gasteiger partial charge in [0, 0.05) is 19.3 Å². The number of hydrogen-bond donors (Lipinski definition) is 0. The first-order valence-corrected chi connectivity index (χ1v) is 23.6. The Morgan fingerprint density at radius 1 is 0.375 bits per heavy atom. The van der Waals surface area contributed by atoms with Gasteiger partial charge in [-0.1, -0.05) is 217 Å². The van der Waals surface area contributed by atoms with E-state index in [4.69, 9.17) is 14.2 Å². The van der Waals surface area contributed by atoms with E-state index in [1.165, 1.54) is 122 Å². The van der Waals surface area contributed by atoms with Gasteiger partial charge in [0.25, 0.3) is 0 Å². The van der Waals surface area contributed by atoms with Crippen LogP contribution in [0.3, 0.4) is 0 Å². The average Bonchev–Trinajstić information content (AvgIpc) is 3.19. The number of hydrogen-bond acceptors (Lipinski definition) is 6. The third kappa shape index (κ3) is 42.5. The summed E-state index contributed by atoms with van der Waals surface area (Å²) < 4.78 is 16.7. The minimum atomic E-state index is -0.795. The van der Waals surface area contributed by atoms with E-state index >= 15 is 0 Å². The first kappa shape index (κ1) is 53.4. The van der Waals surface area contributed by atoms with Crippen molar-refractivity contribution >= 4 is 17.9 Å². The van der Waals surface area contributed by atoms with Gasteiger partial charge in [-0.15, -0.1) is 0 Å². The van der Waals surface area contributed by atoms with Crippen molar-refractivity contribution in [2.24, 2.45) is 0 Å². The maximum absolute atomic E-state index is 12.7. The molecule has 0 fully saturated rings. The summed E-state index contributed by atoms with van der Waals surface area (Å²) in [6.07, 6.45) is 52.5. The van der Waals surface area contributed by atoms with Crippen LogP contribution in [0.5, 0.6) is 0 Å². The quantitative estimate of drug-likeness (QED) is 0.0265. The Kier molecular flexibility index (Phi) is 43.0. The highest BCUT2D eigenvalue weighted by molar-refractivity contribution is 5.71. The number of esters is 3. The smallest absolute Gasteiger partial charge is 0.306 e. The van der Waals surface area contributed by atoms with Crippen LogP contribution in [-0.2, 0) is 28.6 Å². The molecule has 0 bridgehead atoms. The van der Waals surface area contributed by atoms with Crippen LogP contribution in [0.1, 0.15) is 233 Å². The fraction of sp³-hybridized carbons (Fsp3) is 0.780. The van der Waals surface area contributed by atoms with Crippen LogP contribution >= 0.6 is 0 Å². The summed E-state index contributed by atoms with van der Waals surface area (Å²) in [5.41, 5.74) is 0. The van der Waals surface area contributed by atoms with Gasteiger partial charge in [-0.3, -0.25) is 14.4 Å². The molecule has 0 saturated heterocycles. The third-order valence-corrected chi connectivity index (χ3v) is 10.1. The SMILES string of the molecule is CC/C=C\C/C=C\C/C=C\C/C=C\CCC(=O)OCC(COC(=O)CCCCCCCCCCCCCC)OC(=O)CCCCCCCCCCCCCCC. The van der Waals surface area contributed by atoms with Crippen LogP contribution < -0.4 is 0 Å². The Morgan fingerprint density at radius 2 is 0.696 bits per heavy atom. The van der Waals surface area contributed by atoms with Crippen LogP contribution in [0.4, 0.5) is 0 Å². The lowest BCUT2D eigenvalue weighted by Gasteiger charge is -2.18. The van der Waals surface area contributed by atoms with Gasteiger partial charge >= 0.3 is 17.9 Å². The van der Waals surface area contributed by atoms with Crippen LogP contribution in [0.25, 0.3) is 0 Å². The Bertz CT molecular complexity index is 996. The second kappa shape index (κ2) is 45.1. The van der Waals surface area contributed by atoms with E-state index < -0.39 is 6.10 Å². The molecule has 0 aliphatic carbocycles. The predicted octanol–water partition coefficient (Wildman–Crippen LogP) is 15.1. The van der Waals surface area contributed by atoms with Gasteiger partial charge in [0.1, 0.15) is 13.2 Å². The fourth-order valence-electron chi connectivity index (χ4n) is 6.57. The summed E-state index contributed by atoms with van der Waals surface area (Å²) in [6.45, 7) is 6.45. The second-order valence-electron chi connectivity index (χ2n) is 15.6. The van der Waals surface area contributed by atoms with Crippen molar-refractivity contribution in [2.45, 2.75) is 239 Å². The molecule has 0 aromatic heterocycles. The highest BCUT2D eigenvalue weighted by Gasteiger charge is 2.19. The molecule has 1 unspecified atom stereocenters. The monoisotopic (exact) mass is 785 g/mol. The normalized spacial score (nSPS) is 12.4.